The second-order valence-corrected chi connectivity index (χ2v) is 6.30. The van der Waals surface area contributed by atoms with Crippen molar-refractivity contribution < 1.29 is 14.4 Å². The summed E-state index contributed by atoms with van der Waals surface area (Å²) in [4.78, 5) is 38.5. The average Bonchev–Trinajstić information content (AvgIpc) is 2.73. The molecule has 140 valence electrons. The van der Waals surface area contributed by atoms with Crippen molar-refractivity contribution >= 4 is 29.0 Å². The zero-order valence-electron chi connectivity index (χ0n) is 15.5. The van der Waals surface area contributed by atoms with Crippen molar-refractivity contribution in [3.05, 3.63) is 96.1 Å². The summed E-state index contributed by atoms with van der Waals surface area (Å²) in [5.74, 6) is -1.55. The summed E-state index contributed by atoms with van der Waals surface area (Å²) in [6, 6.07) is 25.0. The molecule has 1 N–H and O–H groups in total. The van der Waals surface area contributed by atoms with Gasteiger partial charge in [-0.2, -0.15) is 0 Å². The topological polar surface area (TPSA) is 66.5 Å². The van der Waals surface area contributed by atoms with Crippen LogP contribution in [0.4, 0.5) is 11.4 Å². The number of hydrogen-bond acceptors (Lipinski definition) is 3. The number of amides is 2. The number of rotatable bonds is 5. The molecule has 0 saturated heterocycles. The van der Waals surface area contributed by atoms with E-state index >= 15 is 0 Å². The Morgan fingerprint density at radius 1 is 0.821 bits per heavy atom. The molecule has 2 amide bonds. The Morgan fingerprint density at radius 2 is 1.46 bits per heavy atom. The minimum Gasteiger partial charge on any atom is -0.318 e. The van der Waals surface area contributed by atoms with Crippen LogP contribution in [0.5, 0.6) is 0 Å². The van der Waals surface area contributed by atoms with Crippen molar-refractivity contribution in [3.63, 3.8) is 0 Å². The predicted octanol–water partition coefficient (Wildman–Crippen LogP) is 4.06. The summed E-state index contributed by atoms with van der Waals surface area (Å²) in [6.45, 7) is 1.72. The van der Waals surface area contributed by atoms with Gasteiger partial charge in [0.2, 0.25) is 0 Å². The first-order chi connectivity index (χ1) is 13.5. The number of Topliss-reactive ketones (excluding diaryl/α,β-unsaturated/α-hetero) is 1. The Kier molecular flexibility index (Phi) is 5.97. The molecule has 5 nitrogen and oxygen atoms in total. The van der Waals surface area contributed by atoms with E-state index in [9.17, 15) is 14.4 Å². The van der Waals surface area contributed by atoms with E-state index in [-0.39, 0.29) is 12.3 Å². The summed E-state index contributed by atoms with van der Waals surface area (Å²) < 4.78 is 0. The zero-order chi connectivity index (χ0) is 19.9. The van der Waals surface area contributed by atoms with E-state index in [2.05, 4.69) is 5.32 Å². The van der Waals surface area contributed by atoms with E-state index in [1.165, 1.54) is 11.8 Å². The summed E-state index contributed by atoms with van der Waals surface area (Å²) in [6.07, 6.45) is 0. The Bertz CT molecular complexity index is 985. The number of nitrogens with one attached hydrogen (secondary N) is 1. The molecule has 0 bridgehead atoms. The highest BCUT2D eigenvalue weighted by molar-refractivity contribution is 6.44. The number of carbonyl (C=O) groups excluding carboxylic acids is 3. The third-order valence-electron chi connectivity index (χ3n) is 4.22. The van der Waals surface area contributed by atoms with Gasteiger partial charge in [0.25, 0.3) is 0 Å². The number of ketones is 1. The fourth-order valence-electron chi connectivity index (χ4n) is 2.78. The van der Waals surface area contributed by atoms with Crippen LogP contribution in [0.2, 0.25) is 0 Å². The van der Waals surface area contributed by atoms with Crippen LogP contribution >= 0.6 is 0 Å². The molecule has 0 aliphatic heterocycles. The Labute approximate surface area is 163 Å². The first kappa shape index (κ1) is 19.0. The third-order valence-corrected chi connectivity index (χ3v) is 4.22. The summed E-state index contributed by atoms with van der Waals surface area (Å²) in [5, 5.41) is 2.59. The van der Waals surface area contributed by atoms with Gasteiger partial charge in [-0.15, -0.1) is 0 Å². The van der Waals surface area contributed by atoms with Crippen LogP contribution < -0.4 is 10.2 Å². The molecule has 3 rings (SSSR count). The minimum atomic E-state index is -0.763. The van der Waals surface area contributed by atoms with Gasteiger partial charge in [0.15, 0.2) is 5.78 Å². The highest BCUT2D eigenvalue weighted by Crippen LogP contribution is 2.18. The van der Waals surface area contributed by atoms with Crippen molar-refractivity contribution in [1.29, 1.82) is 0 Å². The summed E-state index contributed by atoms with van der Waals surface area (Å²) >= 11 is 0. The van der Waals surface area contributed by atoms with E-state index in [4.69, 9.17) is 0 Å². The largest absolute Gasteiger partial charge is 0.318 e. The van der Waals surface area contributed by atoms with E-state index in [1.54, 1.807) is 36.4 Å². The van der Waals surface area contributed by atoms with Crippen LogP contribution in [0, 0.1) is 0 Å². The molecule has 5 heteroatoms. The number of para-hydroxylation sites is 1. The minimum absolute atomic E-state index is 0.114. The van der Waals surface area contributed by atoms with Crippen LogP contribution in [0.25, 0.3) is 0 Å². The van der Waals surface area contributed by atoms with Gasteiger partial charge < -0.3 is 5.32 Å². The monoisotopic (exact) mass is 372 g/mol. The van der Waals surface area contributed by atoms with Crippen molar-refractivity contribution in [1.82, 2.24) is 0 Å². The molecular weight excluding hydrogens is 352 g/mol. The molecule has 0 saturated carbocycles. The van der Waals surface area contributed by atoms with E-state index < -0.39 is 11.8 Å². The molecule has 0 aromatic heterocycles. The highest BCUT2D eigenvalue weighted by Gasteiger charge is 2.23. The predicted molar refractivity (Wildman–Crippen MR) is 109 cm³/mol. The SMILES string of the molecule is CC(=O)c1cccc(NC(=O)C(=O)N(Cc2ccccc2)c2ccccc2)c1. The maximum Gasteiger partial charge on any atom is 0.316 e. The lowest BCUT2D eigenvalue weighted by Gasteiger charge is -2.22. The molecule has 0 radical (unpaired) electrons. The van der Waals surface area contributed by atoms with Gasteiger partial charge in [-0.1, -0.05) is 60.7 Å². The molecule has 0 heterocycles. The highest BCUT2D eigenvalue weighted by atomic mass is 16.2. The second kappa shape index (κ2) is 8.77. The third kappa shape index (κ3) is 4.71. The van der Waals surface area contributed by atoms with Crippen LogP contribution in [0.15, 0.2) is 84.9 Å². The number of benzene rings is 3. The quantitative estimate of drug-likeness (QED) is 0.542. The van der Waals surface area contributed by atoms with Gasteiger partial charge >= 0.3 is 11.8 Å². The Hall–Kier alpha value is -3.73. The van der Waals surface area contributed by atoms with Gasteiger partial charge in [-0.3, -0.25) is 19.3 Å². The molecular formula is C23H20N2O3. The normalized spacial score (nSPS) is 10.2. The van der Waals surface area contributed by atoms with E-state index in [1.807, 2.05) is 48.5 Å². The molecule has 0 fully saturated rings. The lowest BCUT2D eigenvalue weighted by molar-refractivity contribution is -0.134. The second-order valence-electron chi connectivity index (χ2n) is 6.30. The summed E-state index contributed by atoms with van der Waals surface area (Å²) in [7, 11) is 0. The first-order valence-electron chi connectivity index (χ1n) is 8.87. The Balaban J connectivity index is 1.83. The summed E-state index contributed by atoms with van der Waals surface area (Å²) in [5.41, 5.74) is 2.41. The number of hydrogen-bond donors (Lipinski definition) is 1. The van der Waals surface area contributed by atoms with Crippen LogP contribution in [-0.4, -0.2) is 17.6 Å². The average molecular weight is 372 g/mol. The maximum atomic E-state index is 12.9. The van der Waals surface area contributed by atoms with Gasteiger partial charge in [0.1, 0.15) is 0 Å². The standard InChI is InChI=1S/C23H20N2O3/c1-17(26)19-11-8-12-20(15-19)24-22(27)23(28)25(21-13-6-3-7-14-21)16-18-9-4-2-5-10-18/h2-15H,16H2,1H3,(H,24,27). The lowest BCUT2D eigenvalue weighted by Crippen LogP contribution is -2.39. The first-order valence-corrected chi connectivity index (χ1v) is 8.87. The van der Waals surface area contributed by atoms with Gasteiger partial charge in [-0.25, -0.2) is 0 Å². The molecule has 0 spiro atoms. The molecule has 28 heavy (non-hydrogen) atoms. The lowest BCUT2D eigenvalue weighted by atomic mass is 10.1. The van der Waals surface area contributed by atoms with Gasteiger partial charge in [0, 0.05) is 16.9 Å². The fraction of sp³-hybridized carbons (Fsp3) is 0.0870. The van der Waals surface area contributed by atoms with E-state index in [0.717, 1.165) is 5.56 Å². The molecule has 0 aliphatic rings. The van der Waals surface area contributed by atoms with Gasteiger partial charge in [0.05, 0.1) is 6.54 Å². The van der Waals surface area contributed by atoms with Crippen LogP contribution in [-0.2, 0) is 16.1 Å². The number of nitrogens with zero attached hydrogens (tertiary/aromatic N) is 1. The van der Waals surface area contributed by atoms with Crippen LogP contribution in [0.1, 0.15) is 22.8 Å². The van der Waals surface area contributed by atoms with Crippen molar-refractivity contribution in [2.75, 3.05) is 10.2 Å². The molecule has 3 aromatic carbocycles. The van der Waals surface area contributed by atoms with Gasteiger partial charge in [-0.05, 0) is 36.8 Å². The van der Waals surface area contributed by atoms with Crippen molar-refractivity contribution in [3.8, 4) is 0 Å². The molecule has 3 aromatic rings. The molecule has 0 atom stereocenters. The number of carbonyl (C=O) groups is 3. The molecule has 0 aliphatic carbocycles. The zero-order valence-corrected chi connectivity index (χ0v) is 15.5. The smallest absolute Gasteiger partial charge is 0.316 e. The van der Waals surface area contributed by atoms with E-state index in [0.29, 0.717) is 16.9 Å². The van der Waals surface area contributed by atoms with Crippen molar-refractivity contribution in [2.24, 2.45) is 0 Å². The van der Waals surface area contributed by atoms with Crippen molar-refractivity contribution in [2.45, 2.75) is 13.5 Å². The number of anilines is 2. The Morgan fingerprint density at radius 3 is 2.11 bits per heavy atom. The van der Waals surface area contributed by atoms with Crippen LogP contribution in [0.3, 0.4) is 0 Å². The fourth-order valence-corrected chi connectivity index (χ4v) is 2.78. The molecule has 0 unspecified atom stereocenters. The maximum absolute atomic E-state index is 12.9.